The number of nitrogens with zero attached hydrogens (tertiary/aromatic N) is 2. The molecule has 0 saturated heterocycles. The highest BCUT2D eigenvalue weighted by Gasteiger charge is 2.35. The van der Waals surface area contributed by atoms with Crippen LogP contribution in [-0.4, -0.2) is 43.8 Å². The highest BCUT2D eigenvalue weighted by molar-refractivity contribution is 7.92. The van der Waals surface area contributed by atoms with E-state index in [9.17, 15) is 18.0 Å². The molecular formula is C33H39Cl2N3O4S. The minimum atomic E-state index is -4.17. The van der Waals surface area contributed by atoms with E-state index in [1.807, 2.05) is 33.8 Å². The van der Waals surface area contributed by atoms with Crippen molar-refractivity contribution in [3.8, 4) is 0 Å². The van der Waals surface area contributed by atoms with Crippen LogP contribution in [0.25, 0.3) is 0 Å². The molecule has 0 bridgehead atoms. The molecule has 0 aliphatic heterocycles. The average Bonchev–Trinajstić information content (AvgIpc) is 3.48. The molecule has 1 aliphatic rings. The number of hydrogen-bond donors (Lipinski definition) is 1. The fraction of sp³-hybridized carbons (Fsp3) is 0.394. The summed E-state index contributed by atoms with van der Waals surface area (Å²) >= 11 is 13.0. The molecule has 3 aromatic carbocycles. The zero-order valence-corrected chi connectivity index (χ0v) is 27.4. The van der Waals surface area contributed by atoms with Crippen LogP contribution in [0.1, 0.15) is 61.3 Å². The summed E-state index contributed by atoms with van der Waals surface area (Å²) in [5.41, 5.74) is 3.42. The number of amides is 2. The lowest BCUT2D eigenvalue weighted by atomic mass is 10.1. The molecular weight excluding hydrogens is 605 g/mol. The van der Waals surface area contributed by atoms with Gasteiger partial charge in [-0.25, -0.2) is 8.42 Å². The van der Waals surface area contributed by atoms with Crippen LogP contribution in [0.4, 0.5) is 5.69 Å². The Bertz CT molecular complexity index is 1550. The zero-order valence-electron chi connectivity index (χ0n) is 25.1. The topological polar surface area (TPSA) is 86.8 Å². The van der Waals surface area contributed by atoms with Gasteiger partial charge in [0, 0.05) is 28.2 Å². The molecule has 3 aromatic rings. The van der Waals surface area contributed by atoms with E-state index in [4.69, 9.17) is 23.2 Å². The van der Waals surface area contributed by atoms with Crippen molar-refractivity contribution in [1.29, 1.82) is 0 Å². The van der Waals surface area contributed by atoms with Gasteiger partial charge in [-0.2, -0.15) is 0 Å². The van der Waals surface area contributed by atoms with Crippen LogP contribution in [0.2, 0.25) is 10.0 Å². The number of aryl methyl sites for hydroxylation is 2. The minimum absolute atomic E-state index is 0.0516. The third kappa shape index (κ3) is 7.54. The van der Waals surface area contributed by atoms with Crippen LogP contribution in [0, 0.1) is 20.8 Å². The van der Waals surface area contributed by atoms with Crippen molar-refractivity contribution in [2.24, 2.45) is 0 Å². The monoisotopic (exact) mass is 643 g/mol. The molecule has 0 radical (unpaired) electrons. The van der Waals surface area contributed by atoms with Crippen molar-refractivity contribution in [2.45, 2.75) is 83.3 Å². The van der Waals surface area contributed by atoms with E-state index in [1.54, 1.807) is 54.6 Å². The summed E-state index contributed by atoms with van der Waals surface area (Å²) in [6.07, 6.45) is 4.19. The van der Waals surface area contributed by atoms with E-state index in [0.717, 1.165) is 46.7 Å². The quantitative estimate of drug-likeness (QED) is 0.244. The number of anilines is 1. The molecule has 10 heteroatoms. The van der Waals surface area contributed by atoms with Gasteiger partial charge in [-0.05, 0) is 81.5 Å². The Labute approximate surface area is 265 Å². The Hall–Kier alpha value is -3.07. The fourth-order valence-corrected chi connectivity index (χ4v) is 7.49. The van der Waals surface area contributed by atoms with Crippen molar-refractivity contribution in [2.75, 3.05) is 10.8 Å². The van der Waals surface area contributed by atoms with Crippen LogP contribution in [0.3, 0.4) is 0 Å². The maximum atomic E-state index is 14.4. The number of rotatable bonds is 11. The molecule has 1 aliphatic carbocycles. The lowest BCUT2D eigenvalue weighted by Crippen LogP contribution is -2.53. The maximum absolute atomic E-state index is 14.4. The van der Waals surface area contributed by atoms with Crippen molar-refractivity contribution >= 4 is 50.7 Å². The molecule has 4 rings (SSSR count). The Morgan fingerprint density at radius 1 is 0.930 bits per heavy atom. The van der Waals surface area contributed by atoms with Gasteiger partial charge in [0.2, 0.25) is 11.8 Å². The SMILES string of the molecule is CCC(C(=O)NC1CCCC1)N(Cc1c(Cl)cccc1Cl)C(=O)CN(c1cccc(C)c1C)S(=O)(=O)c1ccc(C)cc1. The summed E-state index contributed by atoms with van der Waals surface area (Å²) in [5, 5.41) is 3.83. The van der Waals surface area contributed by atoms with E-state index in [0.29, 0.717) is 27.7 Å². The minimum Gasteiger partial charge on any atom is -0.352 e. The highest BCUT2D eigenvalue weighted by Crippen LogP contribution is 2.31. The lowest BCUT2D eigenvalue weighted by Gasteiger charge is -2.34. The van der Waals surface area contributed by atoms with E-state index >= 15 is 0 Å². The molecule has 0 heterocycles. The summed E-state index contributed by atoms with van der Waals surface area (Å²) in [7, 11) is -4.17. The molecule has 230 valence electrons. The number of benzene rings is 3. The molecule has 0 aromatic heterocycles. The molecule has 43 heavy (non-hydrogen) atoms. The maximum Gasteiger partial charge on any atom is 0.264 e. The third-order valence-electron chi connectivity index (χ3n) is 8.21. The van der Waals surface area contributed by atoms with Crippen LogP contribution in [0.5, 0.6) is 0 Å². The summed E-state index contributed by atoms with van der Waals surface area (Å²) in [4.78, 5) is 29.5. The molecule has 1 unspecified atom stereocenters. The third-order valence-corrected chi connectivity index (χ3v) is 10.7. The van der Waals surface area contributed by atoms with Gasteiger partial charge in [0.05, 0.1) is 10.6 Å². The van der Waals surface area contributed by atoms with E-state index in [-0.39, 0.29) is 23.4 Å². The Morgan fingerprint density at radius 3 is 2.14 bits per heavy atom. The van der Waals surface area contributed by atoms with Gasteiger partial charge in [0.25, 0.3) is 10.0 Å². The average molecular weight is 645 g/mol. The normalized spacial score (nSPS) is 14.4. The van der Waals surface area contributed by atoms with Crippen molar-refractivity contribution in [3.63, 3.8) is 0 Å². The van der Waals surface area contributed by atoms with Crippen molar-refractivity contribution in [1.82, 2.24) is 10.2 Å². The molecule has 1 fully saturated rings. The standard InChI is InChI=1S/C33H39Cl2N3O4S/c1-5-30(33(40)36-25-11-6-7-12-25)37(20-27-28(34)13-9-14-29(27)35)32(39)21-38(31-15-8-10-23(3)24(31)4)43(41,42)26-18-16-22(2)17-19-26/h8-10,13-19,25,30H,5-7,11-12,20-21H2,1-4H3,(H,36,40). The number of halogens is 2. The van der Waals surface area contributed by atoms with Crippen LogP contribution in [0.15, 0.2) is 65.6 Å². The summed E-state index contributed by atoms with van der Waals surface area (Å²) in [6, 6.07) is 16.1. The second kappa shape index (κ2) is 14.1. The number of carbonyl (C=O) groups excluding carboxylic acids is 2. The number of hydrogen-bond acceptors (Lipinski definition) is 4. The number of sulfonamides is 1. The summed E-state index contributed by atoms with van der Waals surface area (Å²) in [5.74, 6) is -0.813. The largest absolute Gasteiger partial charge is 0.352 e. The highest BCUT2D eigenvalue weighted by atomic mass is 35.5. The van der Waals surface area contributed by atoms with Gasteiger partial charge < -0.3 is 10.2 Å². The van der Waals surface area contributed by atoms with Crippen molar-refractivity contribution < 1.29 is 18.0 Å². The van der Waals surface area contributed by atoms with E-state index < -0.39 is 28.5 Å². The molecule has 1 N–H and O–H groups in total. The van der Waals surface area contributed by atoms with Gasteiger partial charge in [-0.1, -0.05) is 78.9 Å². The lowest BCUT2D eigenvalue weighted by molar-refractivity contribution is -0.140. The predicted octanol–water partition coefficient (Wildman–Crippen LogP) is 6.98. The molecule has 1 saturated carbocycles. The number of carbonyl (C=O) groups is 2. The first kappa shape index (κ1) is 32.8. The second-order valence-corrected chi connectivity index (χ2v) is 13.9. The van der Waals surface area contributed by atoms with Gasteiger partial charge >= 0.3 is 0 Å². The smallest absolute Gasteiger partial charge is 0.264 e. The fourth-order valence-electron chi connectivity index (χ4n) is 5.50. The summed E-state index contributed by atoms with van der Waals surface area (Å²) < 4.78 is 29.5. The van der Waals surface area contributed by atoms with Crippen LogP contribution in [-0.2, 0) is 26.2 Å². The Morgan fingerprint density at radius 2 is 1.53 bits per heavy atom. The van der Waals surface area contributed by atoms with E-state index in [1.165, 1.54) is 4.90 Å². The van der Waals surface area contributed by atoms with E-state index in [2.05, 4.69) is 5.32 Å². The second-order valence-electron chi connectivity index (χ2n) is 11.2. The van der Waals surface area contributed by atoms with Crippen LogP contribution >= 0.6 is 23.2 Å². The Kier molecular flexibility index (Phi) is 10.8. The molecule has 2 amide bonds. The van der Waals surface area contributed by atoms with Gasteiger partial charge in [-0.3, -0.25) is 13.9 Å². The van der Waals surface area contributed by atoms with Crippen LogP contribution < -0.4 is 9.62 Å². The number of nitrogens with one attached hydrogen (secondary N) is 1. The zero-order chi connectivity index (χ0) is 31.3. The predicted molar refractivity (Wildman–Crippen MR) is 173 cm³/mol. The first-order valence-corrected chi connectivity index (χ1v) is 16.8. The van der Waals surface area contributed by atoms with Crippen molar-refractivity contribution in [3.05, 3.63) is 93.0 Å². The molecule has 7 nitrogen and oxygen atoms in total. The van der Waals surface area contributed by atoms with Gasteiger partial charge in [-0.15, -0.1) is 0 Å². The first-order valence-electron chi connectivity index (χ1n) is 14.6. The first-order chi connectivity index (χ1) is 20.4. The summed E-state index contributed by atoms with van der Waals surface area (Å²) in [6.45, 7) is 6.86. The Balaban J connectivity index is 1.78. The molecule has 1 atom stereocenters. The van der Waals surface area contributed by atoms with Gasteiger partial charge in [0.1, 0.15) is 12.6 Å². The molecule has 0 spiro atoms. The van der Waals surface area contributed by atoms with Gasteiger partial charge in [0.15, 0.2) is 0 Å².